The van der Waals surface area contributed by atoms with Gasteiger partial charge in [0.25, 0.3) is 0 Å². The molecule has 1 amide bonds. The van der Waals surface area contributed by atoms with Gasteiger partial charge >= 0.3 is 0 Å². The van der Waals surface area contributed by atoms with Crippen LogP contribution in [0.4, 0.5) is 14.5 Å². The Morgan fingerprint density at radius 1 is 1.26 bits per heavy atom. The molecule has 124 valence electrons. The van der Waals surface area contributed by atoms with Crippen LogP contribution in [0, 0.1) is 18.6 Å². The first-order valence-electron chi connectivity index (χ1n) is 6.77. The lowest BCUT2D eigenvalue weighted by Crippen LogP contribution is -2.43. The summed E-state index contributed by atoms with van der Waals surface area (Å²) < 4.78 is 26.3. The third kappa shape index (κ3) is 5.01. The van der Waals surface area contributed by atoms with Crippen LogP contribution in [0.2, 0.25) is 0 Å². The highest BCUT2D eigenvalue weighted by molar-refractivity contribution is 7.59. The van der Waals surface area contributed by atoms with Crippen molar-refractivity contribution in [1.29, 1.82) is 0 Å². The number of likely N-dealkylation sites (N-methyl/N-ethyl adjacent to an activating group) is 1. The van der Waals surface area contributed by atoms with Gasteiger partial charge in [0.15, 0.2) is 0 Å². The van der Waals surface area contributed by atoms with E-state index >= 15 is 0 Å². The fraction of sp³-hybridized carbons (Fsp3) is 0.250. The second-order valence-electron chi connectivity index (χ2n) is 5.14. The third-order valence-corrected chi connectivity index (χ3v) is 3.31. The molecule has 1 heterocycles. The normalized spacial score (nSPS) is 11.5. The number of carbonyl (C=O) groups excluding carboxylic acids is 1. The van der Waals surface area contributed by atoms with Crippen molar-refractivity contribution in [2.24, 2.45) is 5.73 Å². The molecule has 0 aliphatic heterocycles. The summed E-state index contributed by atoms with van der Waals surface area (Å²) >= 11 is 0. The first kappa shape index (κ1) is 19.1. The summed E-state index contributed by atoms with van der Waals surface area (Å²) in [5, 5.41) is 0. The van der Waals surface area contributed by atoms with Crippen LogP contribution < -0.4 is 10.6 Å². The van der Waals surface area contributed by atoms with Crippen LogP contribution in [0.3, 0.4) is 0 Å². The quantitative estimate of drug-likeness (QED) is 0.930. The van der Waals surface area contributed by atoms with Crippen LogP contribution >= 0.6 is 13.5 Å². The number of pyridine rings is 1. The molecule has 1 aromatic carbocycles. The van der Waals surface area contributed by atoms with E-state index < -0.39 is 17.7 Å². The summed E-state index contributed by atoms with van der Waals surface area (Å²) in [5.74, 6) is -1.73. The van der Waals surface area contributed by atoms with E-state index in [-0.39, 0.29) is 25.8 Å². The Bertz CT molecular complexity index is 659. The Labute approximate surface area is 140 Å². The second kappa shape index (κ2) is 8.03. The minimum Gasteiger partial charge on any atom is -0.320 e. The van der Waals surface area contributed by atoms with Crippen molar-refractivity contribution < 1.29 is 13.6 Å². The molecule has 0 spiro atoms. The van der Waals surface area contributed by atoms with Crippen LogP contribution in [0.5, 0.6) is 0 Å². The van der Waals surface area contributed by atoms with Crippen LogP contribution in [-0.4, -0.2) is 24.0 Å². The molecule has 4 nitrogen and oxygen atoms in total. The Morgan fingerprint density at radius 3 is 2.39 bits per heavy atom. The molecule has 23 heavy (non-hydrogen) atoms. The zero-order chi connectivity index (χ0) is 16.3. The van der Waals surface area contributed by atoms with Gasteiger partial charge in [-0.15, -0.1) is 0 Å². The number of aromatic nitrogens is 1. The van der Waals surface area contributed by atoms with Crippen molar-refractivity contribution in [3.63, 3.8) is 0 Å². The molecule has 1 atom stereocenters. The van der Waals surface area contributed by atoms with Gasteiger partial charge in [-0.3, -0.25) is 9.78 Å². The Hall–Kier alpha value is -1.99. The Morgan fingerprint density at radius 2 is 1.87 bits per heavy atom. The van der Waals surface area contributed by atoms with E-state index in [1.54, 1.807) is 25.4 Å². The molecule has 2 aromatic rings. The number of hydrogen-bond acceptors (Lipinski definition) is 3. The van der Waals surface area contributed by atoms with E-state index in [0.29, 0.717) is 11.3 Å². The zero-order valence-electron chi connectivity index (χ0n) is 12.9. The molecule has 0 unspecified atom stereocenters. The number of rotatable bonds is 4. The molecule has 0 aliphatic rings. The number of nitrogens with two attached hydrogens (primary N) is 1. The van der Waals surface area contributed by atoms with E-state index in [9.17, 15) is 13.6 Å². The van der Waals surface area contributed by atoms with Crippen molar-refractivity contribution in [3.05, 3.63) is 59.4 Å². The molecular weight excluding hydrogens is 320 g/mol. The molecule has 0 fully saturated rings. The van der Waals surface area contributed by atoms with Gasteiger partial charge in [0.1, 0.15) is 11.6 Å². The van der Waals surface area contributed by atoms with E-state index in [4.69, 9.17) is 5.73 Å². The predicted molar refractivity (Wildman–Crippen MR) is 90.8 cm³/mol. The molecule has 7 heteroatoms. The minimum atomic E-state index is -0.896. The third-order valence-electron chi connectivity index (χ3n) is 3.31. The van der Waals surface area contributed by atoms with Gasteiger partial charge in [-0.05, 0) is 43.2 Å². The van der Waals surface area contributed by atoms with E-state index in [1.165, 1.54) is 17.0 Å². The van der Waals surface area contributed by atoms with Gasteiger partial charge < -0.3 is 10.6 Å². The van der Waals surface area contributed by atoms with E-state index in [2.05, 4.69) is 4.98 Å². The second-order valence-corrected chi connectivity index (χ2v) is 5.14. The smallest absolute Gasteiger partial charge is 0.244 e. The average molecular weight is 339 g/mol. The lowest BCUT2D eigenvalue weighted by Gasteiger charge is -2.21. The van der Waals surface area contributed by atoms with Gasteiger partial charge in [-0.25, -0.2) is 8.78 Å². The highest BCUT2D eigenvalue weighted by atomic mass is 32.1. The summed E-state index contributed by atoms with van der Waals surface area (Å²) in [7, 11) is 1.58. The Kier molecular flexibility index (Phi) is 6.65. The monoisotopic (exact) mass is 339 g/mol. The summed E-state index contributed by atoms with van der Waals surface area (Å²) in [6, 6.07) is 5.77. The van der Waals surface area contributed by atoms with Gasteiger partial charge in [0.2, 0.25) is 5.91 Å². The lowest BCUT2D eigenvalue weighted by molar-refractivity contribution is -0.119. The topological polar surface area (TPSA) is 59.2 Å². The fourth-order valence-corrected chi connectivity index (χ4v) is 2.10. The number of benzene rings is 1. The summed E-state index contributed by atoms with van der Waals surface area (Å²) in [6.07, 6.45) is 1.62. The maximum Gasteiger partial charge on any atom is 0.244 e. The number of halogens is 2. The van der Waals surface area contributed by atoms with Crippen LogP contribution in [0.25, 0.3) is 0 Å². The number of amides is 1. The average Bonchev–Trinajstić information content (AvgIpc) is 2.45. The lowest BCUT2D eigenvalue weighted by atomic mass is 10.1. The molecular formula is C16H19F2N3OS. The zero-order valence-corrected chi connectivity index (χ0v) is 13.9. The maximum atomic E-state index is 13.2. The Balaban J connectivity index is 0.00000264. The van der Waals surface area contributed by atoms with Crippen molar-refractivity contribution in [2.75, 3.05) is 11.9 Å². The molecule has 0 saturated heterocycles. The molecule has 2 rings (SSSR count). The van der Waals surface area contributed by atoms with Crippen molar-refractivity contribution >= 4 is 25.1 Å². The van der Waals surface area contributed by atoms with Gasteiger partial charge in [0.05, 0.1) is 17.9 Å². The highest BCUT2D eigenvalue weighted by Crippen LogP contribution is 2.14. The molecule has 2 N–H and O–H groups in total. The molecule has 0 saturated carbocycles. The van der Waals surface area contributed by atoms with Crippen molar-refractivity contribution in [2.45, 2.75) is 19.4 Å². The summed E-state index contributed by atoms with van der Waals surface area (Å²) in [6.45, 7) is 1.84. The number of hydrogen-bond donors (Lipinski definition) is 1. The van der Waals surface area contributed by atoms with Crippen molar-refractivity contribution in [3.8, 4) is 0 Å². The summed E-state index contributed by atoms with van der Waals surface area (Å²) in [4.78, 5) is 17.8. The van der Waals surface area contributed by atoms with Gasteiger partial charge in [-0.1, -0.05) is 0 Å². The van der Waals surface area contributed by atoms with Crippen molar-refractivity contribution in [1.82, 2.24) is 4.98 Å². The van der Waals surface area contributed by atoms with Crippen LogP contribution in [0.15, 0.2) is 36.5 Å². The summed E-state index contributed by atoms with van der Waals surface area (Å²) in [5.41, 5.74) is 7.65. The molecule has 1 aromatic heterocycles. The van der Waals surface area contributed by atoms with E-state index in [1.807, 2.05) is 6.92 Å². The molecule has 0 aliphatic carbocycles. The highest BCUT2D eigenvalue weighted by Gasteiger charge is 2.20. The van der Waals surface area contributed by atoms with E-state index in [0.717, 1.165) is 11.8 Å². The number of carbonyl (C=O) groups is 1. The standard InChI is InChI=1S/C16H17F2N3O.H2S/c1-10-3-4-14(9-20-10)21(2)16(22)15(19)7-11-5-12(17)8-13(18)6-11;/h3-6,8-9,15H,7,19H2,1-2H3;1H2/t15-;/m0./s1. The number of nitrogens with zero attached hydrogens (tertiary/aromatic N) is 2. The molecule has 0 radical (unpaired) electrons. The largest absolute Gasteiger partial charge is 0.320 e. The van der Waals surface area contributed by atoms with Crippen LogP contribution in [0.1, 0.15) is 11.3 Å². The predicted octanol–water partition coefficient (Wildman–Crippen LogP) is 2.31. The van der Waals surface area contributed by atoms with Gasteiger partial charge in [-0.2, -0.15) is 13.5 Å². The molecule has 0 bridgehead atoms. The first-order valence-corrected chi connectivity index (χ1v) is 6.77. The first-order chi connectivity index (χ1) is 10.4. The number of anilines is 1. The van der Waals surface area contributed by atoms with Gasteiger partial charge in [0, 0.05) is 18.8 Å². The minimum absolute atomic E-state index is 0. The van der Waals surface area contributed by atoms with Crippen LogP contribution in [-0.2, 0) is 11.2 Å². The number of aryl methyl sites for hydroxylation is 1. The maximum absolute atomic E-state index is 13.2. The SMILES string of the molecule is Cc1ccc(N(C)C(=O)[C@@H](N)Cc2cc(F)cc(F)c2)cn1.S. The fourth-order valence-electron chi connectivity index (χ4n) is 2.10.